The second-order valence-corrected chi connectivity index (χ2v) is 7.95. The number of nitrogens with one attached hydrogen (secondary N) is 1. The molecule has 2 aromatic carbocycles. The Bertz CT molecular complexity index is 750. The minimum Gasteiger partial charge on any atom is -0.491 e. The lowest BCUT2D eigenvalue weighted by molar-refractivity contribution is 0.0471. The van der Waals surface area contributed by atoms with Gasteiger partial charge in [0, 0.05) is 50.8 Å². The lowest BCUT2D eigenvalue weighted by Crippen LogP contribution is -2.49. The molecular weight excluding hydrogens is 386 g/mol. The summed E-state index contributed by atoms with van der Waals surface area (Å²) in [5, 5.41) is 14.5. The third-order valence-electron chi connectivity index (χ3n) is 5.32. The summed E-state index contributed by atoms with van der Waals surface area (Å²) < 4.78 is 5.84. The molecule has 0 spiro atoms. The number of benzene rings is 2. The van der Waals surface area contributed by atoms with Crippen LogP contribution in [0.2, 0.25) is 5.02 Å². The quantitative estimate of drug-likeness (QED) is 0.622. The number of aliphatic hydroxyl groups excluding tert-OH is 1. The Hall–Kier alpha value is -1.63. The molecule has 0 aromatic heterocycles. The highest BCUT2D eigenvalue weighted by Gasteiger charge is 2.18. The summed E-state index contributed by atoms with van der Waals surface area (Å²) in [4.78, 5) is 4.75. The van der Waals surface area contributed by atoms with E-state index in [9.17, 15) is 5.11 Å². The van der Waals surface area contributed by atoms with Crippen LogP contribution in [0.1, 0.15) is 18.1 Å². The highest BCUT2D eigenvalue weighted by atomic mass is 35.5. The molecule has 6 heteroatoms. The smallest absolute Gasteiger partial charge is 0.119 e. The molecule has 0 radical (unpaired) electrons. The van der Waals surface area contributed by atoms with Crippen LogP contribution < -0.4 is 10.1 Å². The van der Waals surface area contributed by atoms with Gasteiger partial charge in [-0.05, 0) is 35.9 Å². The monoisotopic (exact) mass is 417 g/mol. The van der Waals surface area contributed by atoms with E-state index in [0.29, 0.717) is 13.2 Å². The molecular formula is C23H32ClN3O2. The summed E-state index contributed by atoms with van der Waals surface area (Å²) in [6, 6.07) is 15.9. The van der Waals surface area contributed by atoms with E-state index in [0.717, 1.165) is 67.7 Å². The number of piperazine rings is 1. The van der Waals surface area contributed by atoms with Crippen molar-refractivity contribution >= 4 is 11.6 Å². The van der Waals surface area contributed by atoms with Crippen molar-refractivity contribution in [2.45, 2.75) is 26.1 Å². The van der Waals surface area contributed by atoms with Gasteiger partial charge in [0.2, 0.25) is 0 Å². The van der Waals surface area contributed by atoms with Crippen LogP contribution in [-0.2, 0) is 13.1 Å². The molecule has 0 amide bonds. The van der Waals surface area contributed by atoms with Gasteiger partial charge in [-0.1, -0.05) is 48.9 Å². The van der Waals surface area contributed by atoms with Crippen LogP contribution in [0.4, 0.5) is 0 Å². The van der Waals surface area contributed by atoms with Crippen LogP contribution in [0.15, 0.2) is 48.5 Å². The number of likely N-dealkylation sites (N-methyl/N-ethyl adjacent to an activating group) is 1. The zero-order valence-corrected chi connectivity index (χ0v) is 17.9. The number of aliphatic hydroxyl groups is 1. The predicted molar refractivity (Wildman–Crippen MR) is 118 cm³/mol. The number of hydrogen-bond acceptors (Lipinski definition) is 5. The molecule has 1 saturated heterocycles. The Morgan fingerprint density at radius 2 is 1.79 bits per heavy atom. The first-order valence-electron chi connectivity index (χ1n) is 10.4. The number of rotatable bonds is 10. The molecule has 2 N–H and O–H groups in total. The molecule has 1 fully saturated rings. The Balaban J connectivity index is 1.39. The van der Waals surface area contributed by atoms with Crippen molar-refractivity contribution in [3.8, 4) is 5.75 Å². The summed E-state index contributed by atoms with van der Waals surface area (Å²) in [6.45, 7) is 9.89. The van der Waals surface area contributed by atoms with Gasteiger partial charge in [-0.2, -0.15) is 0 Å². The minimum absolute atomic E-state index is 0.310. The van der Waals surface area contributed by atoms with Gasteiger partial charge in [0.25, 0.3) is 0 Å². The Morgan fingerprint density at radius 1 is 1.03 bits per heavy atom. The van der Waals surface area contributed by atoms with Crippen molar-refractivity contribution in [2.24, 2.45) is 0 Å². The molecule has 1 heterocycles. The molecule has 158 valence electrons. The van der Waals surface area contributed by atoms with Gasteiger partial charge >= 0.3 is 0 Å². The third kappa shape index (κ3) is 7.28. The zero-order valence-electron chi connectivity index (χ0n) is 17.2. The van der Waals surface area contributed by atoms with Crippen LogP contribution in [0.3, 0.4) is 0 Å². The highest BCUT2D eigenvalue weighted by molar-refractivity contribution is 6.31. The first kappa shape index (κ1) is 22.1. The molecule has 1 aliphatic rings. The number of hydrogen-bond donors (Lipinski definition) is 2. The molecule has 0 bridgehead atoms. The number of β-amino-alcohol motifs (C(OH)–C–C–N with tert-alkyl or cyclic N) is 1. The molecule has 2 aromatic rings. The van der Waals surface area contributed by atoms with Gasteiger partial charge in [-0.3, -0.25) is 4.90 Å². The van der Waals surface area contributed by atoms with E-state index >= 15 is 0 Å². The van der Waals surface area contributed by atoms with E-state index in [1.807, 2.05) is 42.5 Å². The Morgan fingerprint density at radius 3 is 2.55 bits per heavy atom. The highest BCUT2D eigenvalue weighted by Crippen LogP contribution is 2.16. The largest absolute Gasteiger partial charge is 0.491 e. The average Bonchev–Trinajstić information content (AvgIpc) is 2.74. The minimum atomic E-state index is -0.481. The maximum atomic E-state index is 10.3. The van der Waals surface area contributed by atoms with Crippen molar-refractivity contribution in [1.82, 2.24) is 15.1 Å². The van der Waals surface area contributed by atoms with Gasteiger partial charge in [0.05, 0.1) is 0 Å². The first-order chi connectivity index (χ1) is 14.1. The van der Waals surface area contributed by atoms with Crippen LogP contribution in [0, 0.1) is 0 Å². The van der Waals surface area contributed by atoms with Gasteiger partial charge < -0.3 is 20.1 Å². The SMILES string of the molecule is CCN1CCN(CC(O)COc2cccc(CNCc3ccccc3Cl)c2)CC1. The van der Waals surface area contributed by atoms with Crippen molar-refractivity contribution < 1.29 is 9.84 Å². The fraction of sp³-hybridized carbons (Fsp3) is 0.478. The predicted octanol–water partition coefficient (Wildman–Crippen LogP) is 3.01. The molecule has 1 unspecified atom stereocenters. The summed E-state index contributed by atoms with van der Waals surface area (Å²) in [7, 11) is 0. The van der Waals surface area contributed by atoms with Crippen molar-refractivity contribution in [3.63, 3.8) is 0 Å². The fourth-order valence-electron chi connectivity index (χ4n) is 3.56. The molecule has 0 aliphatic carbocycles. The van der Waals surface area contributed by atoms with Gasteiger partial charge in [0.1, 0.15) is 18.5 Å². The van der Waals surface area contributed by atoms with E-state index in [2.05, 4.69) is 28.1 Å². The lowest BCUT2D eigenvalue weighted by atomic mass is 10.2. The van der Waals surface area contributed by atoms with E-state index in [-0.39, 0.29) is 0 Å². The lowest BCUT2D eigenvalue weighted by Gasteiger charge is -2.34. The standard InChI is InChI=1S/C23H32ClN3O2/c1-2-26-10-12-27(13-11-26)17-21(28)18-29-22-8-5-6-19(14-22)15-25-16-20-7-3-4-9-23(20)24/h3-9,14,21,25,28H,2,10-13,15-18H2,1H3. The fourth-order valence-corrected chi connectivity index (χ4v) is 3.76. The molecule has 29 heavy (non-hydrogen) atoms. The molecule has 5 nitrogen and oxygen atoms in total. The average molecular weight is 418 g/mol. The van der Waals surface area contributed by atoms with E-state index in [4.69, 9.17) is 16.3 Å². The van der Waals surface area contributed by atoms with Crippen LogP contribution in [0.25, 0.3) is 0 Å². The van der Waals surface area contributed by atoms with Gasteiger partial charge in [-0.15, -0.1) is 0 Å². The second kappa shape index (κ2) is 11.5. The number of ether oxygens (including phenoxy) is 1. The Labute approximate surface area is 179 Å². The summed E-state index contributed by atoms with van der Waals surface area (Å²) >= 11 is 6.20. The summed E-state index contributed by atoms with van der Waals surface area (Å²) in [5.74, 6) is 0.789. The van der Waals surface area contributed by atoms with Crippen LogP contribution >= 0.6 is 11.6 Å². The second-order valence-electron chi connectivity index (χ2n) is 7.54. The van der Waals surface area contributed by atoms with Gasteiger partial charge in [-0.25, -0.2) is 0 Å². The third-order valence-corrected chi connectivity index (χ3v) is 5.69. The summed E-state index contributed by atoms with van der Waals surface area (Å²) in [6.07, 6.45) is -0.481. The molecule has 1 aliphatic heterocycles. The van der Waals surface area contributed by atoms with Crippen molar-refractivity contribution in [3.05, 3.63) is 64.7 Å². The van der Waals surface area contributed by atoms with Crippen molar-refractivity contribution in [2.75, 3.05) is 45.9 Å². The maximum absolute atomic E-state index is 10.3. The van der Waals surface area contributed by atoms with E-state index < -0.39 is 6.10 Å². The normalized spacial score (nSPS) is 16.7. The maximum Gasteiger partial charge on any atom is 0.119 e. The topological polar surface area (TPSA) is 48.0 Å². The molecule has 1 atom stereocenters. The van der Waals surface area contributed by atoms with E-state index in [1.54, 1.807) is 0 Å². The Kier molecular flexibility index (Phi) is 8.77. The van der Waals surface area contributed by atoms with E-state index in [1.165, 1.54) is 0 Å². The zero-order chi connectivity index (χ0) is 20.5. The molecule has 3 rings (SSSR count). The van der Waals surface area contributed by atoms with Gasteiger partial charge in [0.15, 0.2) is 0 Å². The van der Waals surface area contributed by atoms with Crippen molar-refractivity contribution in [1.29, 1.82) is 0 Å². The van der Waals surface area contributed by atoms with Crippen LogP contribution in [0.5, 0.6) is 5.75 Å². The molecule has 0 saturated carbocycles. The number of halogens is 1. The number of nitrogens with zero attached hydrogens (tertiary/aromatic N) is 2. The van der Waals surface area contributed by atoms with Crippen LogP contribution in [-0.4, -0.2) is 66.9 Å². The summed E-state index contributed by atoms with van der Waals surface area (Å²) in [5.41, 5.74) is 2.23. The first-order valence-corrected chi connectivity index (χ1v) is 10.8.